The Balaban J connectivity index is 2.62. The van der Waals surface area contributed by atoms with Crippen molar-refractivity contribution < 1.29 is 30.8 Å². The summed E-state index contributed by atoms with van der Waals surface area (Å²) in [4.78, 5) is 10.6. The van der Waals surface area contributed by atoms with Gasteiger partial charge in [0.1, 0.15) is 0 Å². The third kappa shape index (κ3) is 11.6. The zero-order valence-electron chi connectivity index (χ0n) is 29.9. The summed E-state index contributed by atoms with van der Waals surface area (Å²) in [6.07, 6.45) is -6.94. The lowest BCUT2D eigenvalue weighted by atomic mass is 9.64. The standard InChI is InChI=1S/C35H62F6N2OSi/c1-20(2)27-16-25(34(36,37)38)17-28(21(3)4)32(27)42-24(9)31(14-13-15-44-45(10,11)12)43-33-29(22(5)6)18-26(35(39,40)41)19-30(33)23(7)8/h20-23,25-30,32-33H,13-19H2,1-12H3. The molecule has 0 bridgehead atoms. The smallest absolute Gasteiger partial charge is 0.391 e. The fourth-order valence-corrected chi connectivity index (χ4v) is 8.47. The Kier molecular flexibility index (Phi) is 14.3. The number of hydrogen-bond donors (Lipinski definition) is 0. The fourth-order valence-electron chi connectivity index (χ4n) is 7.72. The van der Waals surface area contributed by atoms with Crippen molar-refractivity contribution in [2.24, 2.45) is 69.2 Å². The van der Waals surface area contributed by atoms with Gasteiger partial charge >= 0.3 is 12.4 Å². The molecule has 3 nitrogen and oxygen atoms in total. The van der Waals surface area contributed by atoms with Gasteiger partial charge < -0.3 is 4.43 Å². The number of halogens is 6. The van der Waals surface area contributed by atoms with Gasteiger partial charge in [0.05, 0.1) is 35.3 Å². The average molecular weight is 669 g/mol. The molecule has 0 spiro atoms. The van der Waals surface area contributed by atoms with Crippen LogP contribution in [-0.4, -0.2) is 50.8 Å². The molecule has 0 amide bonds. The van der Waals surface area contributed by atoms with Gasteiger partial charge in [-0.25, -0.2) is 0 Å². The molecule has 0 radical (unpaired) electrons. The van der Waals surface area contributed by atoms with E-state index in [1.807, 2.05) is 62.3 Å². The molecule has 0 aromatic rings. The molecule has 4 unspecified atom stereocenters. The maximum atomic E-state index is 14.1. The Labute approximate surface area is 271 Å². The van der Waals surface area contributed by atoms with Crippen LogP contribution in [0, 0.1) is 59.2 Å². The molecule has 2 aliphatic carbocycles. The normalized spacial score (nSPS) is 31.5. The summed E-state index contributed by atoms with van der Waals surface area (Å²) in [5, 5.41) is 0. The minimum atomic E-state index is -4.24. The summed E-state index contributed by atoms with van der Waals surface area (Å²) in [7, 11) is -1.75. The highest BCUT2D eigenvalue weighted by Crippen LogP contribution is 2.49. The first-order chi connectivity index (χ1) is 20.4. The summed E-state index contributed by atoms with van der Waals surface area (Å²) in [6, 6.07) is -0.542. The number of hydrogen-bond acceptors (Lipinski definition) is 3. The third-order valence-corrected chi connectivity index (χ3v) is 11.6. The molecule has 264 valence electrons. The third-order valence-electron chi connectivity index (χ3n) is 10.5. The van der Waals surface area contributed by atoms with E-state index in [2.05, 4.69) is 19.6 Å². The quantitative estimate of drug-likeness (QED) is 0.0882. The van der Waals surface area contributed by atoms with Crippen LogP contribution in [0.25, 0.3) is 0 Å². The second-order valence-electron chi connectivity index (χ2n) is 16.4. The zero-order chi connectivity index (χ0) is 34.7. The highest BCUT2D eigenvalue weighted by Gasteiger charge is 2.51. The monoisotopic (exact) mass is 668 g/mol. The van der Waals surface area contributed by atoms with Crippen molar-refractivity contribution in [1.82, 2.24) is 0 Å². The van der Waals surface area contributed by atoms with E-state index in [1.54, 1.807) is 0 Å². The zero-order valence-corrected chi connectivity index (χ0v) is 30.9. The first-order valence-corrected chi connectivity index (χ1v) is 20.7. The highest BCUT2D eigenvalue weighted by atomic mass is 28.4. The first kappa shape index (κ1) is 40.3. The lowest BCUT2D eigenvalue weighted by Gasteiger charge is -2.45. The van der Waals surface area contributed by atoms with Gasteiger partial charge in [-0.3, -0.25) is 9.98 Å². The van der Waals surface area contributed by atoms with Crippen LogP contribution in [0.4, 0.5) is 26.3 Å². The van der Waals surface area contributed by atoms with Crippen molar-refractivity contribution >= 4 is 19.7 Å². The lowest BCUT2D eigenvalue weighted by Crippen LogP contribution is -2.46. The van der Waals surface area contributed by atoms with Crippen LogP contribution in [0.3, 0.4) is 0 Å². The Morgan fingerprint density at radius 3 is 1.27 bits per heavy atom. The number of nitrogens with zero attached hydrogens (tertiary/aromatic N) is 2. The topological polar surface area (TPSA) is 34.0 Å². The van der Waals surface area contributed by atoms with Crippen molar-refractivity contribution in [2.75, 3.05) is 6.61 Å². The largest absolute Gasteiger partial charge is 0.418 e. The summed E-state index contributed by atoms with van der Waals surface area (Å²) in [5.74, 6) is -3.49. The van der Waals surface area contributed by atoms with Crippen LogP contribution in [0.15, 0.2) is 9.98 Å². The Morgan fingerprint density at radius 2 is 0.978 bits per heavy atom. The molecule has 2 aliphatic rings. The van der Waals surface area contributed by atoms with Crippen LogP contribution >= 0.6 is 0 Å². The average Bonchev–Trinajstić information content (AvgIpc) is 2.87. The van der Waals surface area contributed by atoms with Crippen LogP contribution in [0.1, 0.15) is 101 Å². The molecular formula is C35H62F6N2OSi. The summed E-state index contributed by atoms with van der Waals surface area (Å²) >= 11 is 0. The molecule has 2 fully saturated rings. The maximum Gasteiger partial charge on any atom is 0.391 e. The van der Waals surface area contributed by atoms with E-state index in [1.165, 1.54) is 0 Å². The number of aliphatic imine (C=N–C) groups is 2. The molecule has 10 heteroatoms. The highest BCUT2D eigenvalue weighted by molar-refractivity contribution is 6.69. The molecule has 2 saturated carbocycles. The van der Waals surface area contributed by atoms with Crippen molar-refractivity contribution in [2.45, 2.75) is 145 Å². The molecule has 0 aromatic heterocycles. The molecule has 45 heavy (non-hydrogen) atoms. The van der Waals surface area contributed by atoms with Crippen LogP contribution < -0.4 is 0 Å². The van der Waals surface area contributed by atoms with E-state index >= 15 is 0 Å². The van der Waals surface area contributed by atoms with Gasteiger partial charge in [0, 0.05) is 6.61 Å². The Morgan fingerprint density at radius 1 is 0.644 bits per heavy atom. The van der Waals surface area contributed by atoms with E-state index in [0.29, 0.717) is 19.4 Å². The van der Waals surface area contributed by atoms with E-state index in [9.17, 15) is 26.3 Å². The van der Waals surface area contributed by atoms with Gasteiger partial charge in [0.25, 0.3) is 0 Å². The van der Waals surface area contributed by atoms with Gasteiger partial charge in [0.15, 0.2) is 8.32 Å². The SMILES string of the molecule is CC(=NC1C(C(C)C)CC(C(F)(F)F)CC1C(C)C)C(CCCO[Si](C)(C)C)=NC1C(C(C)C)CC(C(F)(F)F)CC1C(C)C. The summed E-state index contributed by atoms with van der Waals surface area (Å²) < 4.78 is 90.4. The lowest BCUT2D eigenvalue weighted by molar-refractivity contribution is -0.195. The minimum absolute atomic E-state index is 0.0205. The van der Waals surface area contributed by atoms with Crippen molar-refractivity contribution in [1.29, 1.82) is 0 Å². The van der Waals surface area contributed by atoms with E-state index in [0.717, 1.165) is 11.4 Å². The van der Waals surface area contributed by atoms with Gasteiger partial charge in [-0.05, 0) is 112 Å². The molecule has 4 atom stereocenters. The van der Waals surface area contributed by atoms with Crippen LogP contribution in [-0.2, 0) is 4.43 Å². The Bertz CT molecular complexity index is 946. The van der Waals surface area contributed by atoms with Crippen molar-refractivity contribution in [3.05, 3.63) is 0 Å². The van der Waals surface area contributed by atoms with Crippen LogP contribution in [0.2, 0.25) is 19.6 Å². The van der Waals surface area contributed by atoms with Gasteiger partial charge in [-0.15, -0.1) is 0 Å². The predicted octanol–water partition coefficient (Wildman–Crippen LogP) is 11.3. The minimum Gasteiger partial charge on any atom is -0.418 e. The number of alkyl halides is 6. The Hall–Kier alpha value is -0.903. The molecule has 0 aromatic carbocycles. The maximum absolute atomic E-state index is 14.1. The first-order valence-electron chi connectivity index (χ1n) is 17.3. The summed E-state index contributed by atoms with van der Waals surface area (Å²) in [5.41, 5.74) is 1.50. The molecule has 2 rings (SSSR count). The predicted molar refractivity (Wildman–Crippen MR) is 178 cm³/mol. The summed E-state index contributed by atoms with van der Waals surface area (Å²) in [6.45, 7) is 24.8. The van der Waals surface area contributed by atoms with E-state index in [-0.39, 0.29) is 85.1 Å². The second kappa shape index (κ2) is 16.0. The fraction of sp³-hybridized carbons (Fsp3) is 0.943. The molecule has 0 heterocycles. The number of rotatable bonds is 12. The van der Waals surface area contributed by atoms with Gasteiger partial charge in [-0.1, -0.05) is 55.4 Å². The van der Waals surface area contributed by atoms with Crippen molar-refractivity contribution in [3.63, 3.8) is 0 Å². The second-order valence-corrected chi connectivity index (χ2v) is 20.9. The van der Waals surface area contributed by atoms with E-state index < -0.39 is 32.5 Å². The van der Waals surface area contributed by atoms with E-state index in [4.69, 9.17) is 14.4 Å². The van der Waals surface area contributed by atoms with Gasteiger partial charge in [0.2, 0.25) is 0 Å². The molecule has 0 saturated heterocycles. The van der Waals surface area contributed by atoms with Crippen LogP contribution in [0.5, 0.6) is 0 Å². The van der Waals surface area contributed by atoms with Crippen molar-refractivity contribution in [3.8, 4) is 0 Å². The van der Waals surface area contributed by atoms with Gasteiger partial charge in [-0.2, -0.15) is 26.3 Å². The molecule has 0 aliphatic heterocycles. The molecular weight excluding hydrogens is 606 g/mol. The molecule has 0 N–H and O–H groups in total.